The van der Waals surface area contributed by atoms with Gasteiger partial charge in [0.15, 0.2) is 22.9 Å². The zero-order valence-corrected chi connectivity index (χ0v) is 16.1. The van der Waals surface area contributed by atoms with E-state index >= 15 is 0 Å². The van der Waals surface area contributed by atoms with Crippen molar-refractivity contribution in [3.63, 3.8) is 0 Å². The SMILES string of the molecule is O=S1COc2ccc(C3Oc4cc(C5Oc6ccccc6O5)ccc4S3)cc21. The summed E-state index contributed by atoms with van der Waals surface area (Å²) in [5, 5.41) is 0. The minimum Gasteiger partial charge on any atom is -0.479 e. The van der Waals surface area contributed by atoms with Crippen molar-refractivity contribution < 1.29 is 23.2 Å². The van der Waals surface area contributed by atoms with Gasteiger partial charge in [-0.3, -0.25) is 4.21 Å². The van der Waals surface area contributed by atoms with E-state index in [-0.39, 0.29) is 11.4 Å². The Morgan fingerprint density at radius 3 is 2.43 bits per heavy atom. The lowest BCUT2D eigenvalue weighted by Crippen LogP contribution is -2.08. The van der Waals surface area contributed by atoms with Gasteiger partial charge in [0.2, 0.25) is 0 Å². The summed E-state index contributed by atoms with van der Waals surface area (Å²) in [5.74, 6) is 3.21. The van der Waals surface area contributed by atoms with Crippen molar-refractivity contribution in [3.05, 3.63) is 71.8 Å². The topological polar surface area (TPSA) is 54.0 Å². The molecule has 0 saturated carbocycles. The summed E-state index contributed by atoms with van der Waals surface area (Å²) in [6.45, 7) is 0. The van der Waals surface area contributed by atoms with Crippen LogP contribution in [-0.2, 0) is 10.8 Å². The molecule has 3 aromatic carbocycles. The molecule has 0 aromatic heterocycles. The van der Waals surface area contributed by atoms with Gasteiger partial charge in [-0.05, 0) is 36.4 Å². The summed E-state index contributed by atoms with van der Waals surface area (Å²) in [7, 11) is -1.10. The molecule has 0 saturated heterocycles. The molecule has 6 rings (SSSR count). The van der Waals surface area contributed by atoms with Crippen LogP contribution >= 0.6 is 11.8 Å². The molecule has 5 nitrogen and oxygen atoms in total. The lowest BCUT2D eigenvalue weighted by Gasteiger charge is -2.12. The van der Waals surface area contributed by atoms with E-state index in [0.717, 1.165) is 38.2 Å². The zero-order valence-electron chi connectivity index (χ0n) is 14.5. The molecule has 3 heterocycles. The first kappa shape index (κ1) is 16.3. The number of thioether (sulfide) groups is 1. The summed E-state index contributed by atoms with van der Waals surface area (Å²) < 4.78 is 35.4. The Bertz CT molecular complexity index is 1100. The third-order valence-corrected chi connectivity index (χ3v) is 7.15. The largest absolute Gasteiger partial charge is 0.479 e. The van der Waals surface area contributed by atoms with Crippen LogP contribution < -0.4 is 18.9 Å². The first-order valence-corrected chi connectivity index (χ1v) is 11.0. The second-order valence-electron chi connectivity index (χ2n) is 6.60. The van der Waals surface area contributed by atoms with E-state index < -0.39 is 17.1 Å². The van der Waals surface area contributed by atoms with E-state index in [9.17, 15) is 4.21 Å². The Hall–Kier alpha value is -2.64. The van der Waals surface area contributed by atoms with Crippen LogP contribution in [0.4, 0.5) is 0 Å². The molecule has 2 atom stereocenters. The standard InChI is InChI=1S/C21H14O5S2/c22-28-11-23-16-7-5-13(10-19(16)28)21-26-17-9-12(6-8-18(17)27-21)20-24-14-3-1-2-4-15(14)25-20/h1-10,20-21H,11H2. The number of benzene rings is 3. The number of hydrogen-bond acceptors (Lipinski definition) is 6. The number of hydrogen-bond donors (Lipinski definition) is 0. The molecule has 0 amide bonds. The van der Waals surface area contributed by atoms with Crippen LogP contribution in [-0.4, -0.2) is 10.1 Å². The Morgan fingerprint density at radius 1 is 0.821 bits per heavy atom. The molecule has 140 valence electrons. The molecular weight excluding hydrogens is 396 g/mol. The third kappa shape index (κ3) is 2.57. The van der Waals surface area contributed by atoms with Gasteiger partial charge in [-0.15, -0.1) is 0 Å². The first-order valence-electron chi connectivity index (χ1n) is 8.79. The maximum Gasteiger partial charge on any atom is 0.268 e. The summed E-state index contributed by atoms with van der Waals surface area (Å²) in [6, 6.07) is 19.4. The highest BCUT2D eigenvalue weighted by molar-refractivity contribution is 7.99. The fourth-order valence-corrected chi connectivity index (χ4v) is 5.45. The smallest absolute Gasteiger partial charge is 0.268 e. The Kier molecular flexibility index (Phi) is 3.61. The van der Waals surface area contributed by atoms with Crippen molar-refractivity contribution >= 4 is 22.6 Å². The van der Waals surface area contributed by atoms with Gasteiger partial charge in [0, 0.05) is 11.1 Å². The van der Waals surface area contributed by atoms with Crippen LogP contribution in [0.1, 0.15) is 22.9 Å². The highest BCUT2D eigenvalue weighted by Crippen LogP contribution is 2.50. The molecule has 0 radical (unpaired) electrons. The van der Waals surface area contributed by atoms with Crippen LogP contribution in [0.15, 0.2) is 70.5 Å². The number of para-hydroxylation sites is 2. The first-order chi connectivity index (χ1) is 13.7. The molecule has 0 fully saturated rings. The van der Waals surface area contributed by atoms with Gasteiger partial charge < -0.3 is 18.9 Å². The lowest BCUT2D eigenvalue weighted by molar-refractivity contribution is 0.0484. The molecular formula is C21H14O5S2. The highest BCUT2D eigenvalue weighted by atomic mass is 32.2. The number of ether oxygens (including phenoxy) is 4. The van der Waals surface area contributed by atoms with Crippen molar-refractivity contribution in [2.24, 2.45) is 0 Å². The molecule has 7 heteroatoms. The average molecular weight is 410 g/mol. The van der Waals surface area contributed by atoms with Crippen LogP contribution in [0.2, 0.25) is 0 Å². The van der Waals surface area contributed by atoms with Crippen molar-refractivity contribution in [1.29, 1.82) is 0 Å². The maximum absolute atomic E-state index is 12.0. The molecule has 28 heavy (non-hydrogen) atoms. The van der Waals surface area contributed by atoms with Gasteiger partial charge in [0.25, 0.3) is 6.29 Å². The summed E-state index contributed by atoms with van der Waals surface area (Å²) in [5.41, 5.74) is 1.69. The van der Waals surface area contributed by atoms with Gasteiger partial charge in [-0.2, -0.15) is 0 Å². The normalized spacial score (nSPS) is 21.7. The Morgan fingerprint density at radius 2 is 1.61 bits per heavy atom. The van der Waals surface area contributed by atoms with Gasteiger partial charge in [0.05, 0.1) is 20.6 Å². The Labute approximate surface area is 168 Å². The molecule has 0 bridgehead atoms. The molecule has 0 N–H and O–H groups in total. The average Bonchev–Trinajstić information content (AvgIpc) is 3.43. The third-order valence-electron chi connectivity index (χ3n) is 4.83. The summed E-state index contributed by atoms with van der Waals surface area (Å²) in [4.78, 5) is 1.80. The van der Waals surface area contributed by atoms with Crippen LogP contribution in [0, 0.1) is 0 Å². The van der Waals surface area contributed by atoms with E-state index in [2.05, 4.69) is 0 Å². The molecule has 3 aliphatic rings. The molecule has 3 aliphatic heterocycles. The van der Waals surface area contributed by atoms with E-state index in [1.54, 1.807) is 11.8 Å². The number of fused-ring (bicyclic) bond motifs is 3. The van der Waals surface area contributed by atoms with E-state index in [1.165, 1.54) is 0 Å². The summed E-state index contributed by atoms with van der Waals surface area (Å²) in [6.07, 6.45) is -0.477. The zero-order chi connectivity index (χ0) is 18.7. The highest BCUT2D eigenvalue weighted by Gasteiger charge is 2.31. The van der Waals surface area contributed by atoms with Crippen molar-refractivity contribution in [3.8, 4) is 23.0 Å². The molecule has 0 aliphatic carbocycles. The van der Waals surface area contributed by atoms with E-state index in [0.29, 0.717) is 5.75 Å². The quantitative estimate of drug-likeness (QED) is 0.605. The second-order valence-corrected chi connectivity index (χ2v) is 9.07. The van der Waals surface area contributed by atoms with E-state index in [4.69, 9.17) is 18.9 Å². The second kappa shape index (κ2) is 6.18. The predicted octanol–water partition coefficient (Wildman–Crippen LogP) is 4.80. The summed E-state index contributed by atoms with van der Waals surface area (Å²) >= 11 is 1.63. The van der Waals surface area contributed by atoms with Crippen LogP contribution in [0.3, 0.4) is 0 Å². The maximum atomic E-state index is 12.0. The van der Waals surface area contributed by atoms with Crippen molar-refractivity contribution in [2.45, 2.75) is 21.5 Å². The van der Waals surface area contributed by atoms with Gasteiger partial charge in [-0.25, -0.2) is 0 Å². The van der Waals surface area contributed by atoms with Crippen LogP contribution in [0.25, 0.3) is 0 Å². The van der Waals surface area contributed by atoms with Crippen molar-refractivity contribution in [1.82, 2.24) is 0 Å². The fraction of sp³-hybridized carbons (Fsp3) is 0.143. The van der Waals surface area contributed by atoms with Crippen LogP contribution in [0.5, 0.6) is 23.0 Å². The monoisotopic (exact) mass is 410 g/mol. The van der Waals surface area contributed by atoms with Gasteiger partial charge in [-0.1, -0.05) is 36.0 Å². The van der Waals surface area contributed by atoms with E-state index in [1.807, 2.05) is 60.7 Å². The van der Waals surface area contributed by atoms with Crippen molar-refractivity contribution in [2.75, 3.05) is 5.94 Å². The lowest BCUT2D eigenvalue weighted by atomic mass is 10.2. The molecule has 3 aromatic rings. The fourth-order valence-electron chi connectivity index (χ4n) is 3.44. The minimum atomic E-state index is -1.10. The Balaban J connectivity index is 1.25. The molecule has 0 spiro atoms. The minimum absolute atomic E-state index is 0.184. The van der Waals surface area contributed by atoms with Gasteiger partial charge >= 0.3 is 0 Å². The number of rotatable bonds is 2. The molecule has 2 unspecified atom stereocenters. The predicted molar refractivity (Wildman–Crippen MR) is 104 cm³/mol. The van der Waals surface area contributed by atoms with Gasteiger partial charge in [0.1, 0.15) is 11.5 Å².